The van der Waals surface area contributed by atoms with E-state index in [-0.39, 0.29) is 125 Å². The van der Waals surface area contributed by atoms with Crippen LogP contribution < -0.4 is 0 Å². The molecule has 0 aromatic carbocycles. The molecule has 8 heavy (non-hydrogen) atoms. The molecule has 0 N–H and O–H groups in total. The average molecular weight is 311 g/mol. The van der Waals surface area contributed by atoms with Gasteiger partial charge in [0.1, 0.15) is 0 Å². The van der Waals surface area contributed by atoms with Crippen LogP contribution in [0.15, 0.2) is 0 Å². The molecule has 8 heteroatoms. The van der Waals surface area contributed by atoms with Crippen LogP contribution in [0.25, 0.3) is 0 Å². The fourth-order valence-electron chi connectivity index (χ4n) is 0. The first kappa shape index (κ1) is 121. The van der Waals surface area contributed by atoms with Crippen LogP contribution in [0.2, 0.25) is 0 Å². The van der Waals surface area contributed by atoms with Crippen molar-refractivity contribution in [3.63, 3.8) is 0 Å². The first-order chi connectivity index (χ1) is 0. The fourth-order valence-corrected chi connectivity index (χ4v) is 0. The Balaban J connectivity index is 0. The molecule has 0 atom stereocenters. The smallest absolute Gasteiger partial charge is 2.00 e. The van der Waals surface area contributed by atoms with E-state index in [1.54, 1.807) is 0 Å². The zero-order chi connectivity index (χ0) is 0. The molecule has 0 aliphatic carbocycles. The molecule has 0 aliphatic heterocycles. The van der Waals surface area contributed by atoms with Crippen molar-refractivity contribution in [2.24, 2.45) is 0 Å². The van der Waals surface area contributed by atoms with Crippen LogP contribution in [-0.4, -0.2) is 37.7 Å². The maximum atomic E-state index is 0. The van der Waals surface area contributed by atoms with Crippen molar-refractivity contribution in [3.8, 4) is 0 Å². The fraction of sp³-hybridized carbons (Fsp3) is 0. The zero-order valence-corrected chi connectivity index (χ0v) is 10.4. The molecule has 5 nitrogen and oxygen atoms in total. The van der Waals surface area contributed by atoms with Crippen LogP contribution in [0.4, 0.5) is 0 Å². The summed E-state index contributed by atoms with van der Waals surface area (Å²) >= 11 is 0. The summed E-state index contributed by atoms with van der Waals surface area (Å²) in [5.41, 5.74) is 0. The summed E-state index contributed by atoms with van der Waals surface area (Å²) in [4.78, 5) is 0. The van der Waals surface area contributed by atoms with E-state index in [1.165, 1.54) is 0 Å². The van der Waals surface area contributed by atoms with Crippen LogP contribution in [0.3, 0.4) is 0 Å². The van der Waals surface area contributed by atoms with Crippen molar-refractivity contribution in [2.75, 3.05) is 0 Å². The van der Waals surface area contributed by atoms with Crippen molar-refractivity contribution >= 4 is 37.7 Å². The van der Waals surface area contributed by atoms with Gasteiger partial charge in [-0.25, -0.2) is 0 Å². The topological polar surface area (TPSA) is 142 Å². The Morgan fingerprint density at radius 2 is 0.500 bits per heavy atom. The first-order valence-corrected chi connectivity index (χ1v) is 0. The SMILES string of the molecule is [Ca+2].[Ce+3].[O-2].[O-2].[O-2].[O-2].[O-2].[V]. The molecule has 0 aliphatic rings. The molecule has 2 radical (unpaired) electrons. The van der Waals surface area contributed by atoms with Gasteiger partial charge < -0.3 is 27.4 Å². The molecule has 0 fully saturated rings. The zero-order valence-electron chi connectivity index (χ0n) is 3.70. The number of hydrogen-bond acceptors (Lipinski definition) is 0. The Morgan fingerprint density at radius 1 is 0.500 bits per heavy atom. The van der Waals surface area contributed by atoms with Gasteiger partial charge in [-0.05, 0) is 0 Å². The molecule has 0 unspecified atom stereocenters. The van der Waals surface area contributed by atoms with E-state index in [4.69, 9.17) is 0 Å². The predicted molar refractivity (Wildman–Crippen MR) is 9.19 cm³/mol. The monoisotopic (exact) mass is 311 g/mol. The van der Waals surface area contributed by atoms with Crippen LogP contribution in [0.5, 0.6) is 0 Å². The van der Waals surface area contributed by atoms with E-state index in [9.17, 15) is 0 Å². The van der Waals surface area contributed by atoms with Crippen molar-refractivity contribution in [3.05, 3.63) is 0 Å². The Labute approximate surface area is 123 Å². The van der Waals surface area contributed by atoms with Crippen molar-refractivity contribution in [2.45, 2.75) is 0 Å². The Morgan fingerprint density at radius 3 is 0.500 bits per heavy atom. The van der Waals surface area contributed by atoms with E-state index < -0.39 is 0 Å². The van der Waals surface area contributed by atoms with E-state index in [2.05, 4.69) is 0 Å². The van der Waals surface area contributed by atoms with Crippen molar-refractivity contribution in [1.82, 2.24) is 0 Å². The molecule has 0 aromatic rings. The summed E-state index contributed by atoms with van der Waals surface area (Å²) in [7, 11) is 0. The summed E-state index contributed by atoms with van der Waals surface area (Å²) in [5.74, 6) is 0. The van der Waals surface area contributed by atoms with E-state index in [1.807, 2.05) is 0 Å². The predicted octanol–water partition coefficient (Wildman–Crippen LogP) is -0.977. The van der Waals surface area contributed by atoms with Crippen molar-refractivity contribution < 1.29 is 87.7 Å². The minimum Gasteiger partial charge on any atom is -2.00 e. The van der Waals surface area contributed by atoms with Gasteiger partial charge in [0, 0.05) is 18.6 Å². The van der Waals surface area contributed by atoms with Crippen LogP contribution in [-0.2, 0) is 45.9 Å². The largest absolute Gasteiger partial charge is 3.00 e. The molecule has 0 saturated carbocycles. The van der Waals surface area contributed by atoms with Gasteiger partial charge in [-0.1, -0.05) is 0 Å². The van der Waals surface area contributed by atoms with Crippen LogP contribution >= 0.6 is 0 Å². The second kappa shape index (κ2) is 89.4. The minimum atomic E-state index is 0. The normalized spacial score (nSPS) is 0. The number of hydrogen-bond donors (Lipinski definition) is 0. The van der Waals surface area contributed by atoms with Gasteiger partial charge in [-0.3, -0.25) is 0 Å². The Bertz CT molecular complexity index is 12.4. The molecular weight excluding hydrogens is 311 g/mol. The van der Waals surface area contributed by atoms with Crippen molar-refractivity contribution in [1.29, 1.82) is 0 Å². The molecule has 0 saturated heterocycles. The molecule has 0 amide bonds. The first-order valence-electron chi connectivity index (χ1n) is 0. The summed E-state index contributed by atoms with van der Waals surface area (Å²) < 4.78 is 0. The third-order valence-corrected chi connectivity index (χ3v) is 0. The summed E-state index contributed by atoms with van der Waals surface area (Å²) in [6.45, 7) is 0. The van der Waals surface area contributed by atoms with E-state index in [0.717, 1.165) is 0 Å². The third kappa shape index (κ3) is 63.6. The minimum absolute atomic E-state index is 0. The van der Waals surface area contributed by atoms with Gasteiger partial charge in [-0.15, -0.1) is 0 Å². The molecule has 0 rings (SSSR count). The van der Waals surface area contributed by atoms with Gasteiger partial charge in [-0.2, -0.15) is 0 Å². The van der Waals surface area contributed by atoms with Crippen LogP contribution in [0.1, 0.15) is 0 Å². The van der Waals surface area contributed by atoms with Gasteiger partial charge in [0.15, 0.2) is 0 Å². The molecular formula is CaCeO5V-5. The maximum Gasteiger partial charge on any atom is 3.00 e. The van der Waals surface area contributed by atoms with Gasteiger partial charge >= 0.3 is 79.5 Å². The van der Waals surface area contributed by atoms with E-state index >= 15 is 0 Å². The summed E-state index contributed by atoms with van der Waals surface area (Å²) in [6.07, 6.45) is 0. The maximum absolute atomic E-state index is 0. The summed E-state index contributed by atoms with van der Waals surface area (Å²) in [6, 6.07) is 0. The number of rotatable bonds is 0. The second-order valence-corrected chi connectivity index (χ2v) is 0. The molecule has 46 valence electrons. The summed E-state index contributed by atoms with van der Waals surface area (Å²) in [5, 5.41) is 0. The average Bonchev–Trinajstić information content (AvgIpc) is 0. The van der Waals surface area contributed by atoms with Gasteiger partial charge in [0.25, 0.3) is 0 Å². The van der Waals surface area contributed by atoms with Gasteiger partial charge in [0.2, 0.25) is 0 Å². The molecule has 0 spiro atoms. The molecule has 0 aromatic heterocycles. The third-order valence-electron chi connectivity index (χ3n) is 0. The molecule has 0 bridgehead atoms. The Kier molecular flexibility index (Phi) is 1350. The second-order valence-electron chi connectivity index (χ2n) is 0. The van der Waals surface area contributed by atoms with E-state index in [0.29, 0.717) is 0 Å². The Hall–Kier alpha value is 3.02. The molecule has 0 heterocycles. The van der Waals surface area contributed by atoms with Gasteiger partial charge in [0.05, 0.1) is 0 Å². The van der Waals surface area contributed by atoms with Crippen LogP contribution in [0, 0.1) is 41.7 Å². The quantitative estimate of drug-likeness (QED) is 0.507. The standard InChI is InChI=1S/Ca.Ce.5O.V/q+2;+3;5*-2;.